The summed E-state index contributed by atoms with van der Waals surface area (Å²) >= 11 is 0. The van der Waals surface area contributed by atoms with Gasteiger partial charge in [-0.2, -0.15) is 0 Å². The Morgan fingerprint density at radius 2 is 2.13 bits per heavy atom. The van der Waals surface area contributed by atoms with Gasteiger partial charge in [-0.25, -0.2) is 17.9 Å². The summed E-state index contributed by atoms with van der Waals surface area (Å²) in [5, 5.41) is 3.12. The Labute approximate surface area is 138 Å². The van der Waals surface area contributed by atoms with Gasteiger partial charge in [-0.3, -0.25) is 0 Å². The molecule has 0 spiro atoms. The molecular formula is C15H26N2O5S. The topological polar surface area (TPSA) is 93.7 Å². The molecule has 8 heteroatoms. The van der Waals surface area contributed by atoms with Gasteiger partial charge < -0.3 is 14.8 Å². The molecular weight excluding hydrogens is 320 g/mol. The van der Waals surface area contributed by atoms with Crippen molar-refractivity contribution in [2.75, 3.05) is 20.0 Å². The summed E-state index contributed by atoms with van der Waals surface area (Å²) in [6.45, 7) is 7.98. The summed E-state index contributed by atoms with van der Waals surface area (Å²) in [4.78, 5) is 11.9. The van der Waals surface area contributed by atoms with Crippen LogP contribution in [0.3, 0.4) is 0 Å². The molecule has 7 nitrogen and oxygen atoms in total. The predicted molar refractivity (Wildman–Crippen MR) is 88.3 cm³/mol. The van der Waals surface area contributed by atoms with E-state index in [9.17, 15) is 13.2 Å². The number of allylic oxidation sites excluding steroid dienone is 1. The molecule has 0 fully saturated rings. The minimum Gasteiger partial charge on any atom is -0.466 e. The van der Waals surface area contributed by atoms with Gasteiger partial charge >= 0.3 is 5.97 Å². The summed E-state index contributed by atoms with van der Waals surface area (Å²) in [7, 11) is -2.13. The van der Waals surface area contributed by atoms with E-state index in [1.807, 2.05) is 6.92 Å². The molecule has 2 N–H and O–H groups in total. The molecule has 3 atom stereocenters. The Bertz CT molecular complexity index is 570. The number of sulfonamides is 1. The molecule has 1 aliphatic carbocycles. The molecule has 1 rings (SSSR count). The minimum atomic E-state index is -3.44. The Hall–Kier alpha value is -1.38. The van der Waals surface area contributed by atoms with Gasteiger partial charge in [0.05, 0.1) is 25.5 Å². The van der Waals surface area contributed by atoms with Gasteiger partial charge in [0.25, 0.3) is 0 Å². The summed E-state index contributed by atoms with van der Waals surface area (Å²) in [6, 6.07) is -0.898. The molecule has 0 aromatic carbocycles. The molecule has 0 aromatic heterocycles. The van der Waals surface area contributed by atoms with Crippen LogP contribution in [0.25, 0.3) is 0 Å². The summed E-state index contributed by atoms with van der Waals surface area (Å²) in [5.41, 5.74) is 1.13. The maximum absolute atomic E-state index is 11.9. The quantitative estimate of drug-likeness (QED) is 0.628. The second kappa shape index (κ2) is 8.47. The van der Waals surface area contributed by atoms with E-state index in [-0.39, 0.29) is 6.04 Å². The van der Waals surface area contributed by atoms with Gasteiger partial charge in [0.2, 0.25) is 10.0 Å². The van der Waals surface area contributed by atoms with Gasteiger partial charge in [-0.05, 0) is 19.4 Å². The number of carbonyl (C=O) groups excluding carboxylic acids is 1. The van der Waals surface area contributed by atoms with Crippen LogP contribution in [0.2, 0.25) is 0 Å². The lowest BCUT2D eigenvalue weighted by atomic mass is 9.88. The summed E-state index contributed by atoms with van der Waals surface area (Å²) in [6.07, 6.45) is 3.27. The van der Waals surface area contributed by atoms with E-state index in [1.54, 1.807) is 13.0 Å². The van der Waals surface area contributed by atoms with Crippen LogP contribution >= 0.6 is 0 Å². The van der Waals surface area contributed by atoms with Gasteiger partial charge in [0, 0.05) is 30.3 Å². The largest absolute Gasteiger partial charge is 0.466 e. The molecule has 132 valence electrons. The molecule has 3 unspecified atom stereocenters. The molecule has 0 aliphatic heterocycles. The third-order valence-electron chi connectivity index (χ3n) is 3.34. The fourth-order valence-electron chi connectivity index (χ4n) is 2.50. The van der Waals surface area contributed by atoms with Crippen LogP contribution in [0.4, 0.5) is 0 Å². The zero-order valence-corrected chi connectivity index (χ0v) is 14.9. The van der Waals surface area contributed by atoms with Crippen molar-refractivity contribution in [2.45, 2.75) is 44.9 Å². The van der Waals surface area contributed by atoms with Crippen molar-refractivity contribution in [1.82, 2.24) is 10.0 Å². The first-order chi connectivity index (χ1) is 10.7. The standard InChI is InChI=1S/C15H26N2O5S/c1-6-7-22-13-9-11(15(18)21-4)8-12(16-10(2)3)14(13)17-23(5,19)20/h9,12-14,16-17H,2,6-8H2,1,3-5H3. The van der Waals surface area contributed by atoms with Crippen LogP contribution in [0.1, 0.15) is 26.7 Å². The first-order valence-corrected chi connectivity index (χ1v) is 9.37. The van der Waals surface area contributed by atoms with Gasteiger partial charge in [0.15, 0.2) is 0 Å². The van der Waals surface area contributed by atoms with E-state index in [4.69, 9.17) is 9.47 Å². The zero-order chi connectivity index (χ0) is 17.6. The summed E-state index contributed by atoms with van der Waals surface area (Å²) < 4.78 is 36.5. The number of hydrogen-bond acceptors (Lipinski definition) is 6. The Morgan fingerprint density at radius 3 is 2.61 bits per heavy atom. The third kappa shape index (κ3) is 6.32. The number of hydrogen-bond donors (Lipinski definition) is 2. The van der Waals surface area contributed by atoms with Crippen molar-refractivity contribution in [3.05, 3.63) is 23.9 Å². The number of rotatable bonds is 8. The highest BCUT2D eigenvalue weighted by Crippen LogP contribution is 2.24. The highest BCUT2D eigenvalue weighted by molar-refractivity contribution is 7.88. The maximum atomic E-state index is 11.9. The maximum Gasteiger partial charge on any atom is 0.333 e. The molecule has 23 heavy (non-hydrogen) atoms. The second-order valence-corrected chi connectivity index (χ2v) is 7.45. The van der Waals surface area contributed by atoms with E-state index in [0.29, 0.717) is 24.3 Å². The van der Waals surface area contributed by atoms with E-state index >= 15 is 0 Å². The number of ether oxygens (including phenoxy) is 2. The monoisotopic (exact) mass is 346 g/mol. The van der Waals surface area contributed by atoms with E-state index in [2.05, 4.69) is 16.6 Å². The molecule has 0 amide bonds. The lowest BCUT2D eigenvalue weighted by molar-refractivity contribution is -0.136. The molecule has 0 saturated heterocycles. The van der Waals surface area contributed by atoms with Crippen molar-refractivity contribution < 1.29 is 22.7 Å². The predicted octanol–water partition coefficient (Wildman–Crippen LogP) is 0.694. The molecule has 0 radical (unpaired) electrons. The zero-order valence-electron chi connectivity index (χ0n) is 14.1. The lowest BCUT2D eigenvalue weighted by Crippen LogP contribution is -2.57. The highest BCUT2D eigenvalue weighted by atomic mass is 32.2. The molecule has 0 heterocycles. The number of nitrogens with one attached hydrogen (secondary N) is 2. The SMILES string of the molecule is C=C(C)NC1CC(C(=O)OC)=CC(OCCC)C1NS(C)(=O)=O. The molecule has 0 saturated carbocycles. The van der Waals surface area contributed by atoms with Crippen molar-refractivity contribution in [2.24, 2.45) is 0 Å². The van der Waals surface area contributed by atoms with Crippen LogP contribution in [-0.2, 0) is 24.3 Å². The molecule has 0 aromatic rings. The number of carbonyl (C=O) groups is 1. The van der Waals surface area contributed by atoms with Gasteiger partial charge in [-0.15, -0.1) is 0 Å². The van der Waals surface area contributed by atoms with Crippen molar-refractivity contribution in [3.63, 3.8) is 0 Å². The van der Waals surface area contributed by atoms with Crippen molar-refractivity contribution >= 4 is 16.0 Å². The van der Waals surface area contributed by atoms with Crippen LogP contribution < -0.4 is 10.0 Å². The second-order valence-electron chi connectivity index (χ2n) is 5.67. The van der Waals surface area contributed by atoms with Crippen LogP contribution in [-0.4, -0.2) is 52.5 Å². The lowest BCUT2D eigenvalue weighted by Gasteiger charge is -2.37. The van der Waals surface area contributed by atoms with E-state index in [1.165, 1.54) is 7.11 Å². The fourth-order valence-corrected chi connectivity index (χ4v) is 3.30. The van der Waals surface area contributed by atoms with Gasteiger partial charge in [-0.1, -0.05) is 13.5 Å². The van der Waals surface area contributed by atoms with Crippen molar-refractivity contribution in [1.29, 1.82) is 0 Å². The first kappa shape index (κ1) is 19.7. The average Bonchev–Trinajstić information content (AvgIpc) is 2.44. The van der Waals surface area contributed by atoms with Crippen LogP contribution in [0.15, 0.2) is 23.9 Å². The number of methoxy groups -OCH3 is 1. The van der Waals surface area contributed by atoms with E-state index < -0.39 is 28.1 Å². The Kier molecular flexibility index (Phi) is 7.24. The van der Waals surface area contributed by atoms with Crippen LogP contribution in [0, 0.1) is 0 Å². The Balaban J connectivity index is 3.16. The normalized spacial score (nSPS) is 24.7. The van der Waals surface area contributed by atoms with Gasteiger partial charge in [0.1, 0.15) is 0 Å². The molecule has 1 aliphatic rings. The minimum absolute atomic E-state index is 0.318. The smallest absolute Gasteiger partial charge is 0.333 e. The first-order valence-electron chi connectivity index (χ1n) is 7.48. The van der Waals surface area contributed by atoms with E-state index in [0.717, 1.165) is 12.7 Å². The van der Waals surface area contributed by atoms with Crippen molar-refractivity contribution in [3.8, 4) is 0 Å². The molecule has 0 bridgehead atoms. The Morgan fingerprint density at radius 1 is 1.48 bits per heavy atom. The fraction of sp³-hybridized carbons (Fsp3) is 0.667. The summed E-state index contributed by atoms with van der Waals surface area (Å²) in [5.74, 6) is -0.443. The number of esters is 1. The average molecular weight is 346 g/mol. The third-order valence-corrected chi connectivity index (χ3v) is 4.04. The van der Waals surface area contributed by atoms with Crippen LogP contribution in [0.5, 0.6) is 0 Å². The highest BCUT2D eigenvalue weighted by Gasteiger charge is 2.37.